The van der Waals surface area contributed by atoms with Gasteiger partial charge in [-0.25, -0.2) is 14.6 Å². The van der Waals surface area contributed by atoms with E-state index in [0.29, 0.717) is 18.2 Å². The molecule has 3 aromatic heterocycles. The molecule has 32 heavy (non-hydrogen) atoms. The van der Waals surface area contributed by atoms with Crippen LogP contribution in [0.25, 0.3) is 17.1 Å². The molecule has 4 heterocycles. The molecule has 7 nitrogen and oxygen atoms in total. The quantitative estimate of drug-likeness (QED) is 0.479. The Morgan fingerprint density at radius 2 is 1.91 bits per heavy atom. The van der Waals surface area contributed by atoms with Crippen molar-refractivity contribution in [2.24, 2.45) is 0 Å². The number of hydrogen-bond acceptors (Lipinski definition) is 5. The molecule has 0 radical (unpaired) electrons. The molecular formula is C24H21FN6O. The Labute approximate surface area is 184 Å². The molecule has 8 heteroatoms. The highest BCUT2D eigenvalue weighted by Crippen LogP contribution is 2.32. The molecule has 1 aromatic carbocycles. The van der Waals surface area contributed by atoms with E-state index in [1.807, 2.05) is 36.4 Å². The average molecular weight is 428 g/mol. The molecule has 0 N–H and O–H groups in total. The Kier molecular flexibility index (Phi) is 4.97. The van der Waals surface area contributed by atoms with E-state index in [1.165, 1.54) is 10.7 Å². The van der Waals surface area contributed by atoms with Crippen molar-refractivity contribution in [3.05, 3.63) is 83.8 Å². The number of fused-ring (bicyclic) bond motifs is 1. The maximum atomic E-state index is 13.2. The van der Waals surface area contributed by atoms with Gasteiger partial charge in [-0.2, -0.15) is 4.39 Å². The van der Waals surface area contributed by atoms with Crippen LogP contribution in [0, 0.1) is 5.95 Å². The molecule has 4 aromatic rings. The first-order chi connectivity index (χ1) is 15.5. The summed E-state index contributed by atoms with van der Waals surface area (Å²) >= 11 is 0. The molecule has 0 aliphatic carbocycles. The highest BCUT2D eigenvalue weighted by molar-refractivity contribution is 6.00. The maximum absolute atomic E-state index is 13.2. The fourth-order valence-corrected chi connectivity index (χ4v) is 3.87. The van der Waals surface area contributed by atoms with E-state index < -0.39 is 5.95 Å². The summed E-state index contributed by atoms with van der Waals surface area (Å²) in [5.41, 5.74) is 4.30. The van der Waals surface area contributed by atoms with Gasteiger partial charge in [0, 0.05) is 35.8 Å². The fourth-order valence-electron chi connectivity index (χ4n) is 3.87. The lowest BCUT2D eigenvalue weighted by Gasteiger charge is -2.18. The Balaban J connectivity index is 1.44. The van der Waals surface area contributed by atoms with Crippen molar-refractivity contribution >= 4 is 11.7 Å². The highest BCUT2D eigenvalue weighted by Gasteiger charge is 2.30. The standard InChI is InChI=1S/C24H21FN6O/c1-15(2)22-19(4-3-10-26-22)23-27-13-17-12-21(32)30(24(17)28-23)14-16-5-7-18(8-6-16)31-11-9-20(25)29-31/h3-11,13,15H,12,14H2,1-2H3. The number of benzene rings is 1. The average Bonchev–Trinajstić information content (AvgIpc) is 3.37. The zero-order chi connectivity index (χ0) is 22.2. The monoisotopic (exact) mass is 428 g/mol. The fraction of sp³-hybridized carbons (Fsp3) is 0.208. The van der Waals surface area contributed by atoms with Gasteiger partial charge in [-0.1, -0.05) is 26.0 Å². The zero-order valence-electron chi connectivity index (χ0n) is 17.7. The smallest absolute Gasteiger partial charge is 0.233 e. The molecule has 1 aliphatic rings. The van der Waals surface area contributed by atoms with Crippen LogP contribution in [-0.2, 0) is 17.8 Å². The molecule has 0 fully saturated rings. The molecule has 0 saturated heterocycles. The van der Waals surface area contributed by atoms with Crippen LogP contribution >= 0.6 is 0 Å². The van der Waals surface area contributed by atoms with Crippen molar-refractivity contribution in [1.82, 2.24) is 24.7 Å². The number of amides is 1. The number of pyridine rings is 1. The van der Waals surface area contributed by atoms with Crippen molar-refractivity contribution in [3.8, 4) is 17.1 Å². The van der Waals surface area contributed by atoms with Crippen LogP contribution in [0.1, 0.15) is 36.6 Å². The van der Waals surface area contributed by atoms with Gasteiger partial charge in [0.2, 0.25) is 11.9 Å². The summed E-state index contributed by atoms with van der Waals surface area (Å²) in [5, 5.41) is 3.78. The van der Waals surface area contributed by atoms with E-state index in [2.05, 4.69) is 28.9 Å². The molecule has 0 bridgehead atoms. The molecule has 0 spiro atoms. The van der Waals surface area contributed by atoms with Crippen molar-refractivity contribution < 1.29 is 9.18 Å². The molecule has 1 amide bonds. The summed E-state index contributed by atoms with van der Waals surface area (Å²) in [6, 6.07) is 12.6. The number of carbonyl (C=O) groups excluding carboxylic acids is 1. The van der Waals surface area contributed by atoms with Gasteiger partial charge in [0.25, 0.3) is 0 Å². The zero-order valence-corrected chi connectivity index (χ0v) is 17.7. The number of nitrogens with zero attached hydrogens (tertiary/aromatic N) is 6. The van der Waals surface area contributed by atoms with E-state index in [4.69, 9.17) is 4.98 Å². The van der Waals surface area contributed by atoms with Crippen LogP contribution in [0.5, 0.6) is 0 Å². The van der Waals surface area contributed by atoms with Crippen molar-refractivity contribution in [2.75, 3.05) is 4.90 Å². The minimum Gasteiger partial charge on any atom is -0.292 e. The normalized spacial score (nSPS) is 13.1. The third-order valence-electron chi connectivity index (χ3n) is 5.46. The van der Waals surface area contributed by atoms with Gasteiger partial charge >= 0.3 is 0 Å². The third kappa shape index (κ3) is 3.64. The lowest BCUT2D eigenvalue weighted by Crippen LogP contribution is -2.26. The maximum Gasteiger partial charge on any atom is 0.233 e. The van der Waals surface area contributed by atoms with Gasteiger partial charge in [-0.05, 0) is 35.7 Å². The SMILES string of the molecule is CC(C)c1ncccc1-c1ncc2c(n1)N(Cc1ccc(-n3ccc(F)n3)cc1)C(=O)C2. The van der Waals surface area contributed by atoms with Crippen LogP contribution in [-0.4, -0.2) is 30.6 Å². The Bertz CT molecular complexity index is 1300. The largest absolute Gasteiger partial charge is 0.292 e. The third-order valence-corrected chi connectivity index (χ3v) is 5.46. The molecule has 0 saturated carbocycles. The molecule has 1 aliphatic heterocycles. The summed E-state index contributed by atoms with van der Waals surface area (Å²) in [5.74, 6) is 0.883. The second-order valence-corrected chi connectivity index (χ2v) is 8.04. The van der Waals surface area contributed by atoms with E-state index in [9.17, 15) is 9.18 Å². The first-order valence-corrected chi connectivity index (χ1v) is 10.4. The summed E-state index contributed by atoms with van der Waals surface area (Å²) in [6.45, 7) is 4.55. The molecule has 0 unspecified atom stereocenters. The lowest BCUT2D eigenvalue weighted by atomic mass is 10.0. The van der Waals surface area contributed by atoms with E-state index in [1.54, 1.807) is 23.5 Å². The first-order valence-electron chi connectivity index (χ1n) is 10.4. The molecule has 160 valence electrons. The van der Waals surface area contributed by atoms with Gasteiger partial charge in [-0.15, -0.1) is 5.10 Å². The van der Waals surface area contributed by atoms with Crippen LogP contribution in [0.15, 0.2) is 61.1 Å². The summed E-state index contributed by atoms with van der Waals surface area (Å²) in [6.07, 6.45) is 5.35. The van der Waals surface area contributed by atoms with Crippen LogP contribution in [0.3, 0.4) is 0 Å². The van der Waals surface area contributed by atoms with Gasteiger partial charge in [0.1, 0.15) is 5.82 Å². The number of rotatable bonds is 5. The summed E-state index contributed by atoms with van der Waals surface area (Å²) in [4.78, 5) is 28.2. The van der Waals surface area contributed by atoms with Crippen LogP contribution < -0.4 is 4.90 Å². The second-order valence-electron chi connectivity index (χ2n) is 8.04. The van der Waals surface area contributed by atoms with Gasteiger partial charge in [-0.3, -0.25) is 14.7 Å². The van der Waals surface area contributed by atoms with E-state index in [0.717, 1.165) is 28.1 Å². The number of hydrogen-bond donors (Lipinski definition) is 0. The minimum absolute atomic E-state index is 0.0139. The van der Waals surface area contributed by atoms with Crippen molar-refractivity contribution in [1.29, 1.82) is 0 Å². The minimum atomic E-state index is -0.530. The van der Waals surface area contributed by atoms with Crippen molar-refractivity contribution in [3.63, 3.8) is 0 Å². The summed E-state index contributed by atoms with van der Waals surface area (Å²) in [7, 11) is 0. The predicted octanol–water partition coefficient (Wildman–Crippen LogP) is 4.08. The molecular weight excluding hydrogens is 407 g/mol. The van der Waals surface area contributed by atoms with Crippen molar-refractivity contribution in [2.45, 2.75) is 32.7 Å². The Morgan fingerprint density at radius 1 is 1.09 bits per heavy atom. The topological polar surface area (TPSA) is 76.8 Å². The molecule has 5 rings (SSSR count). The van der Waals surface area contributed by atoms with E-state index in [-0.39, 0.29) is 18.2 Å². The lowest BCUT2D eigenvalue weighted by molar-refractivity contribution is -0.117. The number of carbonyl (C=O) groups is 1. The van der Waals surface area contributed by atoms with E-state index >= 15 is 0 Å². The van der Waals surface area contributed by atoms with Crippen LogP contribution in [0.2, 0.25) is 0 Å². The predicted molar refractivity (Wildman–Crippen MR) is 118 cm³/mol. The van der Waals surface area contributed by atoms with Gasteiger partial charge in [0.05, 0.1) is 24.3 Å². The summed E-state index contributed by atoms with van der Waals surface area (Å²) < 4.78 is 14.6. The highest BCUT2D eigenvalue weighted by atomic mass is 19.1. The first kappa shape index (κ1) is 20.0. The number of anilines is 1. The number of halogens is 1. The second kappa shape index (κ2) is 7.96. The number of aromatic nitrogens is 5. The van der Waals surface area contributed by atoms with Gasteiger partial charge in [0.15, 0.2) is 5.82 Å². The Morgan fingerprint density at radius 3 is 2.62 bits per heavy atom. The molecule has 0 atom stereocenters. The Hall–Kier alpha value is -3.94. The van der Waals surface area contributed by atoms with Crippen LogP contribution in [0.4, 0.5) is 10.2 Å². The van der Waals surface area contributed by atoms with Gasteiger partial charge < -0.3 is 0 Å².